The molecule has 178 valence electrons. The zero-order valence-corrected chi connectivity index (χ0v) is 19.4. The number of carboxylic acid groups (broad SMARTS) is 1. The first-order chi connectivity index (χ1) is 16.7. The molecule has 0 aliphatic carbocycles. The predicted molar refractivity (Wildman–Crippen MR) is 131 cm³/mol. The Balaban J connectivity index is 1.61. The summed E-state index contributed by atoms with van der Waals surface area (Å²) in [6.07, 6.45) is 3.38. The van der Waals surface area contributed by atoms with Gasteiger partial charge < -0.3 is 19.3 Å². The molecule has 1 unspecified atom stereocenters. The first-order valence-electron chi connectivity index (χ1n) is 12.0. The molecule has 1 N–H and O–H groups in total. The molecular formula is C29H32O5. The highest BCUT2D eigenvalue weighted by atomic mass is 16.5. The van der Waals surface area contributed by atoms with Crippen molar-refractivity contribution >= 4 is 5.97 Å². The van der Waals surface area contributed by atoms with Crippen LogP contribution in [0.1, 0.15) is 59.6 Å². The van der Waals surface area contributed by atoms with Crippen molar-refractivity contribution in [2.45, 2.75) is 58.0 Å². The highest BCUT2D eigenvalue weighted by Crippen LogP contribution is 2.39. The predicted octanol–water partition coefficient (Wildman–Crippen LogP) is 6.24. The third-order valence-electron chi connectivity index (χ3n) is 6.11. The fraction of sp³-hybridized carbons (Fsp3) is 0.345. The molecule has 0 saturated carbocycles. The van der Waals surface area contributed by atoms with Crippen molar-refractivity contribution in [3.05, 3.63) is 101 Å². The van der Waals surface area contributed by atoms with Crippen molar-refractivity contribution in [3.63, 3.8) is 0 Å². The van der Waals surface area contributed by atoms with Gasteiger partial charge in [-0.1, -0.05) is 66.7 Å². The highest BCUT2D eigenvalue weighted by Gasteiger charge is 2.26. The van der Waals surface area contributed by atoms with Crippen molar-refractivity contribution in [1.82, 2.24) is 0 Å². The van der Waals surface area contributed by atoms with Gasteiger partial charge in [-0.05, 0) is 54.0 Å². The minimum absolute atomic E-state index is 0.0492. The normalized spacial score (nSPS) is 15.7. The van der Waals surface area contributed by atoms with Gasteiger partial charge in [0.15, 0.2) is 0 Å². The van der Waals surface area contributed by atoms with E-state index in [-0.39, 0.29) is 12.5 Å². The van der Waals surface area contributed by atoms with Crippen molar-refractivity contribution in [2.24, 2.45) is 0 Å². The van der Waals surface area contributed by atoms with Crippen molar-refractivity contribution in [2.75, 3.05) is 6.61 Å². The van der Waals surface area contributed by atoms with E-state index in [4.69, 9.17) is 14.2 Å². The van der Waals surface area contributed by atoms with Gasteiger partial charge in [-0.15, -0.1) is 0 Å². The number of carboxylic acids is 1. The summed E-state index contributed by atoms with van der Waals surface area (Å²) in [6, 6.07) is 24.1. The average Bonchev–Trinajstić information content (AvgIpc) is 2.88. The van der Waals surface area contributed by atoms with Gasteiger partial charge in [0.1, 0.15) is 12.4 Å². The lowest BCUT2D eigenvalue weighted by Crippen LogP contribution is -2.17. The van der Waals surface area contributed by atoms with Crippen LogP contribution in [-0.2, 0) is 40.5 Å². The number of hydrogen-bond donors (Lipinski definition) is 1. The van der Waals surface area contributed by atoms with E-state index in [1.54, 1.807) is 0 Å². The third-order valence-corrected chi connectivity index (χ3v) is 6.11. The summed E-state index contributed by atoms with van der Waals surface area (Å²) in [5.74, 6) is -0.0507. The lowest BCUT2D eigenvalue weighted by Gasteiger charge is -2.28. The maximum atomic E-state index is 11.5. The topological polar surface area (TPSA) is 65.0 Å². The molecule has 0 radical (unpaired) electrons. The number of benzene rings is 3. The van der Waals surface area contributed by atoms with E-state index in [0.717, 1.165) is 52.8 Å². The molecule has 0 aromatic heterocycles. The van der Waals surface area contributed by atoms with Gasteiger partial charge in [0.2, 0.25) is 0 Å². The van der Waals surface area contributed by atoms with E-state index >= 15 is 0 Å². The second-order valence-electron chi connectivity index (χ2n) is 8.62. The van der Waals surface area contributed by atoms with Gasteiger partial charge in [0, 0.05) is 18.6 Å². The minimum Gasteiger partial charge on any atom is -0.489 e. The monoisotopic (exact) mass is 460 g/mol. The van der Waals surface area contributed by atoms with Gasteiger partial charge >= 0.3 is 5.97 Å². The first kappa shape index (κ1) is 24.0. The Morgan fingerprint density at radius 3 is 2.24 bits per heavy atom. The molecule has 0 amide bonds. The summed E-state index contributed by atoms with van der Waals surface area (Å²) >= 11 is 0. The molecule has 5 nitrogen and oxygen atoms in total. The second kappa shape index (κ2) is 12.4. The Morgan fingerprint density at radius 2 is 1.59 bits per heavy atom. The lowest BCUT2D eigenvalue weighted by molar-refractivity contribution is -0.136. The fourth-order valence-electron chi connectivity index (χ4n) is 4.39. The minimum atomic E-state index is -0.817. The van der Waals surface area contributed by atoms with Crippen molar-refractivity contribution < 1.29 is 24.1 Å². The van der Waals surface area contributed by atoms with E-state index < -0.39 is 5.97 Å². The van der Waals surface area contributed by atoms with Gasteiger partial charge in [-0.2, -0.15) is 0 Å². The number of rotatable bonds is 11. The van der Waals surface area contributed by atoms with Crippen LogP contribution in [0.5, 0.6) is 5.75 Å². The van der Waals surface area contributed by atoms with E-state index in [2.05, 4.69) is 0 Å². The molecule has 5 heteroatoms. The Morgan fingerprint density at radius 1 is 0.882 bits per heavy atom. The Labute approximate surface area is 201 Å². The largest absolute Gasteiger partial charge is 0.489 e. The Bertz CT molecular complexity index is 1040. The number of carbonyl (C=O) groups is 1. The van der Waals surface area contributed by atoms with E-state index in [1.807, 2.05) is 72.8 Å². The molecule has 0 spiro atoms. The summed E-state index contributed by atoms with van der Waals surface area (Å²) in [5.41, 5.74) is 5.15. The molecule has 1 fully saturated rings. The van der Waals surface area contributed by atoms with Crippen LogP contribution >= 0.6 is 0 Å². The highest BCUT2D eigenvalue weighted by molar-refractivity contribution is 5.67. The standard InChI is InChI=1S/C29H32O5/c30-28(31)17-15-25-24(21-32-19-22-9-3-1-4-10-22)14-16-27(29(25)26-13-7-8-18-33-26)34-20-23-11-5-2-6-12-23/h1-6,9-12,14,16,26H,7-8,13,15,17-21H2,(H,30,31). The van der Waals surface area contributed by atoms with E-state index in [9.17, 15) is 9.90 Å². The van der Waals surface area contributed by atoms with Gasteiger partial charge in [-0.25, -0.2) is 0 Å². The van der Waals surface area contributed by atoms with Crippen LogP contribution in [0.25, 0.3) is 0 Å². The smallest absolute Gasteiger partial charge is 0.303 e. The number of hydrogen-bond acceptors (Lipinski definition) is 4. The Hall–Kier alpha value is -3.15. The zero-order chi connectivity index (χ0) is 23.6. The van der Waals surface area contributed by atoms with Gasteiger partial charge in [-0.3, -0.25) is 4.79 Å². The zero-order valence-electron chi connectivity index (χ0n) is 19.4. The molecule has 0 bridgehead atoms. The van der Waals surface area contributed by atoms with Crippen molar-refractivity contribution in [3.8, 4) is 5.75 Å². The number of ether oxygens (including phenoxy) is 3. The van der Waals surface area contributed by atoms with Crippen LogP contribution in [0.2, 0.25) is 0 Å². The second-order valence-corrected chi connectivity index (χ2v) is 8.62. The third kappa shape index (κ3) is 6.69. The molecule has 4 rings (SSSR count). The molecule has 1 aliphatic heterocycles. The maximum absolute atomic E-state index is 11.5. The number of aliphatic carboxylic acids is 1. The summed E-state index contributed by atoms with van der Waals surface area (Å²) in [6.45, 7) is 2.06. The quantitative estimate of drug-likeness (QED) is 0.367. The van der Waals surface area contributed by atoms with E-state index in [0.29, 0.717) is 32.8 Å². The average molecular weight is 461 g/mol. The molecule has 34 heavy (non-hydrogen) atoms. The van der Waals surface area contributed by atoms with Crippen LogP contribution < -0.4 is 4.74 Å². The molecule has 3 aromatic rings. The lowest BCUT2D eigenvalue weighted by atomic mass is 9.90. The van der Waals surface area contributed by atoms with E-state index in [1.165, 1.54) is 0 Å². The summed E-state index contributed by atoms with van der Waals surface area (Å²) in [5, 5.41) is 9.42. The van der Waals surface area contributed by atoms with Gasteiger partial charge in [0.05, 0.1) is 19.3 Å². The Kier molecular flexibility index (Phi) is 8.71. The van der Waals surface area contributed by atoms with Crippen LogP contribution in [-0.4, -0.2) is 17.7 Å². The molecule has 1 atom stereocenters. The molecular weight excluding hydrogens is 428 g/mol. The molecule has 3 aromatic carbocycles. The first-order valence-corrected chi connectivity index (χ1v) is 12.0. The van der Waals surface area contributed by atoms with Crippen LogP contribution in [0.3, 0.4) is 0 Å². The summed E-state index contributed by atoms with van der Waals surface area (Å²) in [7, 11) is 0. The SMILES string of the molecule is O=C(O)CCc1c(COCc2ccccc2)ccc(OCc2ccccc2)c1C1CCCCO1. The fourth-order valence-corrected chi connectivity index (χ4v) is 4.39. The van der Waals surface area contributed by atoms with Crippen LogP contribution in [0.15, 0.2) is 72.8 Å². The molecule has 1 saturated heterocycles. The summed E-state index contributed by atoms with van der Waals surface area (Å²) in [4.78, 5) is 11.5. The van der Waals surface area contributed by atoms with Crippen molar-refractivity contribution in [1.29, 1.82) is 0 Å². The van der Waals surface area contributed by atoms with Gasteiger partial charge in [0.25, 0.3) is 0 Å². The molecule has 1 heterocycles. The summed E-state index contributed by atoms with van der Waals surface area (Å²) < 4.78 is 18.5. The maximum Gasteiger partial charge on any atom is 0.303 e. The van der Waals surface area contributed by atoms with Crippen LogP contribution in [0, 0.1) is 0 Å². The van der Waals surface area contributed by atoms with Crippen LogP contribution in [0.4, 0.5) is 0 Å². The molecule has 1 aliphatic rings.